The van der Waals surface area contributed by atoms with E-state index in [9.17, 15) is 4.79 Å². The molecule has 0 aliphatic heterocycles. The lowest BCUT2D eigenvalue weighted by molar-refractivity contribution is -0.120. The van der Waals surface area contributed by atoms with Crippen molar-refractivity contribution in [1.29, 1.82) is 0 Å². The summed E-state index contributed by atoms with van der Waals surface area (Å²) >= 11 is 5.91. The van der Waals surface area contributed by atoms with E-state index in [1.807, 2.05) is 64.1 Å². The molecule has 2 rings (SSSR count). The third-order valence-electron chi connectivity index (χ3n) is 3.62. The number of benzene rings is 2. The maximum Gasteiger partial charge on any atom is 0.234 e. The minimum Gasteiger partial charge on any atom is -0.491 e. The van der Waals surface area contributed by atoms with Gasteiger partial charge in [0.1, 0.15) is 5.75 Å². The van der Waals surface area contributed by atoms with E-state index < -0.39 is 5.41 Å². The van der Waals surface area contributed by atoms with Crippen LogP contribution >= 0.6 is 11.6 Å². The van der Waals surface area contributed by atoms with Gasteiger partial charge in [0, 0.05) is 10.7 Å². The predicted octanol–water partition coefficient (Wildman–Crippen LogP) is 5.04. The van der Waals surface area contributed by atoms with Crippen molar-refractivity contribution in [2.75, 3.05) is 5.32 Å². The van der Waals surface area contributed by atoms with Crippen molar-refractivity contribution in [3.8, 4) is 5.75 Å². The van der Waals surface area contributed by atoms with E-state index in [0.717, 1.165) is 17.0 Å². The molecule has 0 aliphatic carbocycles. The molecule has 122 valence electrons. The molecule has 0 bridgehead atoms. The van der Waals surface area contributed by atoms with Gasteiger partial charge in [0.2, 0.25) is 5.91 Å². The predicted molar refractivity (Wildman–Crippen MR) is 95.3 cm³/mol. The standard InChI is InChI=1S/C19H22ClNO2/c1-13(2)23-17-11-9-16(10-12-17)21-18(22)19(3,4)14-5-7-15(20)8-6-14/h5-13H,1-4H3,(H,21,22). The molecule has 0 aliphatic rings. The summed E-state index contributed by atoms with van der Waals surface area (Å²) < 4.78 is 5.60. The van der Waals surface area contributed by atoms with Gasteiger partial charge in [0.25, 0.3) is 0 Å². The first kappa shape index (κ1) is 17.4. The average Bonchev–Trinajstić information content (AvgIpc) is 2.49. The summed E-state index contributed by atoms with van der Waals surface area (Å²) in [5.41, 5.74) is 1.00. The number of hydrogen-bond acceptors (Lipinski definition) is 2. The molecule has 2 aromatic rings. The van der Waals surface area contributed by atoms with Crippen LogP contribution in [0.4, 0.5) is 5.69 Å². The molecular weight excluding hydrogens is 310 g/mol. The number of rotatable bonds is 5. The summed E-state index contributed by atoms with van der Waals surface area (Å²) in [6.45, 7) is 7.73. The monoisotopic (exact) mass is 331 g/mol. The first-order chi connectivity index (χ1) is 10.8. The van der Waals surface area contributed by atoms with E-state index in [1.54, 1.807) is 12.1 Å². The molecule has 2 aromatic carbocycles. The van der Waals surface area contributed by atoms with E-state index in [2.05, 4.69) is 5.32 Å². The number of nitrogens with one attached hydrogen (secondary N) is 1. The minimum atomic E-state index is -0.655. The smallest absolute Gasteiger partial charge is 0.234 e. The SMILES string of the molecule is CC(C)Oc1ccc(NC(=O)C(C)(C)c2ccc(Cl)cc2)cc1. The molecule has 3 nitrogen and oxygen atoms in total. The van der Waals surface area contributed by atoms with Crippen LogP contribution in [0.1, 0.15) is 33.3 Å². The van der Waals surface area contributed by atoms with Gasteiger partial charge in [-0.25, -0.2) is 0 Å². The Kier molecular flexibility index (Phi) is 5.32. The third-order valence-corrected chi connectivity index (χ3v) is 3.87. The lowest BCUT2D eigenvalue weighted by Crippen LogP contribution is -2.34. The van der Waals surface area contributed by atoms with Crippen LogP contribution in [0.3, 0.4) is 0 Å². The van der Waals surface area contributed by atoms with Crippen LogP contribution in [0, 0.1) is 0 Å². The molecule has 0 saturated carbocycles. The second-order valence-corrected chi connectivity index (χ2v) is 6.71. The first-order valence-corrected chi connectivity index (χ1v) is 8.01. The molecule has 0 unspecified atom stereocenters. The van der Waals surface area contributed by atoms with Crippen molar-refractivity contribution >= 4 is 23.2 Å². The lowest BCUT2D eigenvalue weighted by atomic mass is 9.83. The van der Waals surface area contributed by atoms with Gasteiger partial charge in [0.15, 0.2) is 0 Å². The van der Waals surface area contributed by atoms with Crippen molar-refractivity contribution < 1.29 is 9.53 Å². The zero-order chi connectivity index (χ0) is 17.0. The molecule has 23 heavy (non-hydrogen) atoms. The van der Waals surface area contributed by atoms with E-state index in [1.165, 1.54) is 0 Å². The Morgan fingerprint density at radius 3 is 2.13 bits per heavy atom. The van der Waals surface area contributed by atoms with Crippen molar-refractivity contribution in [2.24, 2.45) is 0 Å². The average molecular weight is 332 g/mol. The Morgan fingerprint density at radius 1 is 1.04 bits per heavy atom. The van der Waals surface area contributed by atoms with Gasteiger partial charge < -0.3 is 10.1 Å². The van der Waals surface area contributed by atoms with Gasteiger partial charge in [0.05, 0.1) is 11.5 Å². The van der Waals surface area contributed by atoms with Gasteiger partial charge in [-0.2, -0.15) is 0 Å². The Labute approximate surface area is 142 Å². The number of carbonyl (C=O) groups excluding carboxylic acids is 1. The maximum absolute atomic E-state index is 12.6. The van der Waals surface area contributed by atoms with Crippen LogP contribution in [0.15, 0.2) is 48.5 Å². The molecule has 0 atom stereocenters. The van der Waals surface area contributed by atoms with Gasteiger partial charge in [-0.15, -0.1) is 0 Å². The second kappa shape index (κ2) is 7.05. The summed E-state index contributed by atoms with van der Waals surface area (Å²) in [5, 5.41) is 3.61. The van der Waals surface area contributed by atoms with Crippen LogP contribution in [0.2, 0.25) is 5.02 Å². The topological polar surface area (TPSA) is 38.3 Å². The van der Waals surface area contributed by atoms with Gasteiger partial charge in [-0.1, -0.05) is 23.7 Å². The minimum absolute atomic E-state index is 0.0719. The number of hydrogen-bond donors (Lipinski definition) is 1. The molecule has 1 N–H and O–H groups in total. The molecule has 0 radical (unpaired) electrons. The molecule has 0 saturated heterocycles. The number of amides is 1. The first-order valence-electron chi connectivity index (χ1n) is 7.63. The number of ether oxygens (including phenoxy) is 1. The Hall–Kier alpha value is -2.00. The zero-order valence-corrected chi connectivity index (χ0v) is 14.6. The zero-order valence-electron chi connectivity index (χ0n) is 13.9. The van der Waals surface area contributed by atoms with E-state index in [0.29, 0.717) is 5.02 Å². The van der Waals surface area contributed by atoms with Crippen LogP contribution in [0.25, 0.3) is 0 Å². The summed E-state index contributed by atoms with van der Waals surface area (Å²) in [5.74, 6) is 0.715. The van der Waals surface area contributed by atoms with E-state index in [4.69, 9.17) is 16.3 Å². The van der Waals surface area contributed by atoms with Crippen LogP contribution in [-0.2, 0) is 10.2 Å². The Balaban J connectivity index is 2.09. The molecule has 4 heteroatoms. The number of halogens is 1. The van der Waals surface area contributed by atoms with E-state index >= 15 is 0 Å². The summed E-state index contributed by atoms with van der Waals surface area (Å²) in [6, 6.07) is 14.7. The quantitative estimate of drug-likeness (QED) is 0.833. The molecule has 0 spiro atoms. The second-order valence-electron chi connectivity index (χ2n) is 6.28. The molecule has 0 aromatic heterocycles. The third kappa shape index (κ3) is 4.49. The fraction of sp³-hybridized carbons (Fsp3) is 0.316. The van der Waals surface area contributed by atoms with Crippen molar-refractivity contribution in [2.45, 2.75) is 39.2 Å². The summed E-state index contributed by atoms with van der Waals surface area (Å²) in [6.07, 6.45) is 0.124. The van der Waals surface area contributed by atoms with Crippen molar-refractivity contribution in [3.63, 3.8) is 0 Å². The van der Waals surface area contributed by atoms with Gasteiger partial charge >= 0.3 is 0 Å². The highest BCUT2D eigenvalue weighted by atomic mass is 35.5. The Bertz CT molecular complexity index is 661. The normalized spacial score (nSPS) is 11.4. The fourth-order valence-electron chi connectivity index (χ4n) is 2.17. The van der Waals surface area contributed by atoms with Crippen LogP contribution in [0.5, 0.6) is 5.75 Å². The van der Waals surface area contributed by atoms with Gasteiger partial charge in [-0.3, -0.25) is 4.79 Å². The fourth-order valence-corrected chi connectivity index (χ4v) is 2.30. The number of anilines is 1. The summed E-state index contributed by atoms with van der Waals surface area (Å²) in [7, 11) is 0. The molecule has 0 fully saturated rings. The highest BCUT2D eigenvalue weighted by molar-refractivity contribution is 6.30. The number of carbonyl (C=O) groups is 1. The van der Waals surface area contributed by atoms with Crippen molar-refractivity contribution in [3.05, 3.63) is 59.1 Å². The van der Waals surface area contributed by atoms with E-state index in [-0.39, 0.29) is 12.0 Å². The van der Waals surface area contributed by atoms with Crippen LogP contribution in [-0.4, -0.2) is 12.0 Å². The van der Waals surface area contributed by atoms with Crippen molar-refractivity contribution in [1.82, 2.24) is 0 Å². The highest BCUT2D eigenvalue weighted by Crippen LogP contribution is 2.27. The molecule has 0 heterocycles. The highest BCUT2D eigenvalue weighted by Gasteiger charge is 2.29. The molecular formula is C19H22ClNO2. The maximum atomic E-state index is 12.6. The van der Waals surface area contributed by atoms with Gasteiger partial charge in [-0.05, 0) is 69.7 Å². The summed E-state index contributed by atoms with van der Waals surface area (Å²) in [4.78, 5) is 12.6. The Morgan fingerprint density at radius 2 is 1.61 bits per heavy atom. The molecule has 1 amide bonds. The lowest BCUT2D eigenvalue weighted by Gasteiger charge is -2.24. The van der Waals surface area contributed by atoms with Crippen LogP contribution < -0.4 is 10.1 Å². The largest absolute Gasteiger partial charge is 0.491 e.